The minimum absolute atomic E-state index is 0. The number of carbonyl (C=O) groups is 3. The fraction of sp³-hybridized carbons (Fsp3) is 0.571. The van der Waals surface area contributed by atoms with Crippen molar-refractivity contribution in [3.8, 4) is 0 Å². The molecule has 3 unspecified atom stereocenters. The van der Waals surface area contributed by atoms with Crippen LogP contribution in [0.15, 0.2) is 0 Å². The first-order chi connectivity index (χ1) is 6.45. The van der Waals surface area contributed by atoms with Crippen LogP contribution in [0, 0.1) is 11.8 Å². The molecule has 1 aliphatic rings. The van der Waals surface area contributed by atoms with E-state index in [0.29, 0.717) is 0 Å². The van der Waals surface area contributed by atoms with Gasteiger partial charge in [0, 0.05) is 30.3 Å². The standard InChI is InChI=1S/C7H9NO6.3Na/c9-5(10)2-1-8-4(7(13)14)3(2)6(11)12;;;/h2-4,8H,1H2,(H,9,10)(H,11,12)(H,13,14);;;/q;3*+1/p-3. The van der Waals surface area contributed by atoms with Gasteiger partial charge in [-0.05, 0) is 0 Å². The van der Waals surface area contributed by atoms with Crippen LogP contribution < -0.4 is 109 Å². The summed E-state index contributed by atoms with van der Waals surface area (Å²) in [4.78, 5) is 31.3. The zero-order chi connectivity index (χ0) is 10.9. The Labute approximate surface area is 164 Å². The Morgan fingerprint density at radius 1 is 0.882 bits per heavy atom. The van der Waals surface area contributed by atoms with Gasteiger partial charge >= 0.3 is 88.7 Å². The number of nitrogens with one attached hydrogen (secondary N) is 1. The second-order valence-corrected chi connectivity index (χ2v) is 2.98. The van der Waals surface area contributed by atoms with E-state index in [-0.39, 0.29) is 95.2 Å². The van der Waals surface area contributed by atoms with Crippen LogP contribution in [0.2, 0.25) is 0 Å². The summed E-state index contributed by atoms with van der Waals surface area (Å²) in [5.74, 6) is -8.07. The summed E-state index contributed by atoms with van der Waals surface area (Å²) in [5, 5.41) is 33.5. The van der Waals surface area contributed by atoms with Crippen molar-refractivity contribution in [3.05, 3.63) is 0 Å². The largest absolute Gasteiger partial charge is 1.00 e. The van der Waals surface area contributed by atoms with Crippen molar-refractivity contribution < 1.29 is 118 Å². The van der Waals surface area contributed by atoms with Gasteiger partial charge in [0.1, 0.15) is 0 Å². The molecule has 0 aliphatic carbocycles. The third-order valence-electron chi connectivity index (χ3n) is 2.18. The van der Waals surface area contributed by atoms with Gasteiger partial charge in [-0.3, -0.25) is 0 Å². The second kappa shape index (κ2) is 10.2. The van der Waals surface area contributed by atoms with Crippen LogP contribution in [0.4, 0.5) is 0 Å². The summed E-state index contributed by atoms with van der Waals surface area (Å²) in [6.45, 7) is -0.278. The van der Waals surface area contributed by atoms with Crippen molar-refractivity contribution in [1.82, 2.24) is 5.32 Å². The van der Waals surface area contributed by atoms with E-state index in [1.807, 2.05) is 0 Å². The third kappa shape index (κ3) is 5.90. The molecule has 1 saturated heterocycles. The van der Waals surface area contributed by atoms with Crippen LogP contribution in [0.1, 0.15) is 0 Å². The van der Waals surface area contributed by atoms with E-state index in [1.54, 1.807) is 0 Å². The Kier molecular flexibility index (Phi) is 14.1. The maximum Gasteiger partial charge on any atom is 1.00 e. The quantitative estimate of drug-likeness (QED) is 0.503. The molecule has 1 N–H and O–H groups in total. The van der Waals surface area contributed by atoms with E-state index in [0.717, 1.165) is 0 Å². The zero-order valence-electron chi connectivity index (χ0n) is 9.89. The second-order valence-electron chi connectivity index (χ2n) is 2.98. The van der Waals surface area contributed by atoms with Gasteiger partial charge in [0.2, 0.25) is 0 Å². The molecule has 1 fully saturated rings. The number of hydrogen-bond acceptors (Lipinski definition) is 7. The van der Waals surface area contributed by atoms with E-state index in [9.17, 15) is 29.7 Å². The molecule has 17 heavy (non-hydrogen) atoms. The predicted octanol–water partition coefficient (Wildman–Crippen LogP) is -14.5. The number of aliphatic carboxylic acids is 3. The summed E-state index contributed by atoms with van der Waals surface area (Å²) < 4.78 is 0. The molecule has 1 rings (SSSR count). The number of carboxylic acid groups (broad SMARTS) is 3. The molecular weight excluding hydrogens is 263 g/mol. The number of carbonyl (C=O) groups excluding carboxylic acids is 3. The van der Waals surface area contributed by atoms with Gasteiger partial charge in [0.05, 0.1) is 12.0 Å². The summed E-state index contributed by atoms with van der Waals surface area (Å²) in [6, 6.07) is -1.54. The Hall–Kier alpha value is 1.37. The van der Waals surface area contributed by atoms with Crippen LogP contribution in [0.25, 0.3) is 0 Å². The molecule has 1 aliphatic heterocycles. The molecule has 0 aromatic heterocycles. The molecule has 1 heterocycles. The van der Waals surface area contributed by atoms with E-state index >= 15 is 0 Å². The topological polar surface area (TPSA) is 132 Å². The summed E-state index contributed by atoms with van der Waals surface area (Å²) >= 11 is 0. The number of hydrogen-bond donors (Lipinski definition) is 1. The molecule has 0 amide bonds. The van der Waals surface area contributed by atoms with Gasteiger partial charge in [0.25, 0.3) is 0 Å². The Bertz CT molecular complexity index is 277. The van der Waals surface area contributed by atoms with Crippen molar-refractivity contribution >= 4 is 17.9 Å². The van der Waals surface area contributed by atoms with Crippen LogP contribution in [0.5, 0.6) is 0 Å². The first-order valence-electron chi connectivity index (χ1n) is 3.81. The fourth-order valence-electron chi connectivity index (χ4n) is 1.50. The normalized spacial score (nSPS) is 25.8. The summed E-state index contributed by atoms with van der Waals surface area (Å²) in [7, 11) is 0. The molecule has 0 aromatic rings. The minimum atomic E-state index is -1.74. The fourth-order valence-corrected chi connectivity index (χ4v) is 1.50. The van der Waals surface area contributed by atoms with Crippen LogP contribution >= 0.6 is 0 Å². The Balaban J connectivity index is -0.000000653. The number of carboxylic acids is 3. The van der Waals surface area contributed by atoms with Crippen molar-refractivity contribution in [1.29, 1.82) is 0 Å². The molecule has 7 nitrogen and oxygen atoms in total. The van der Waals surface area contributed by atoms with Crippen molar-refractivity contribution in [2.24, 2.45) is 11.8 Å². The van der Waals surface area contributed by atoms with Crippen LogP contribution in [-0.2, 0) is 14.4 Å². The maximum atomic E-state index is 10.5. The molecule has 3 atom stereocenters. The average molecular weight is 269 g/mol. The van der Waals surface area contributed by atoms with Crippen molar-refractivity contribution in [2.45, 2.75) is 6.04 Å². The Morgan fingerprint density at radius 3 is 1.65 bits per heavy atom. The molecule has 10 heteroatoms. The van der Waals surface area contributed by atoms with Gasteiger partial charge in [0.15, 0.2) is 0 Å². The third-order valence-corrected chi connectivity index (χ3v) is 2.18. The van der Waals surface area contributed by atoms with Crippen molar-refractivity contribution in [2.75, 3.05) is 6.54 Å². The molecule has 78 valence electrons. The van der Waals surface area contributed by atoms with Gasteiger partial charge in [-0.2, -0.15) is 0 Å². The minimum Gasteiger partial charge on any atom is -0.550 e. The number of rotatable bonds is 3. The van der Waals surface area contributed by atoms with E-state index in [4.69, 9.17) is 0 Å². The van der Waals surface area contributed by atoms with E-state index in [1.165, 1.54) is 0 Å². The van der Waals surface area contributed by atoms with Crippen molar-refractivity contribution in [3.63, 3.8) is 0 Å². The van der Waals surface area contributed by atoms with Gasteiger partial charge in [-0.15, -0.1) is 0 Å². The van der Waals surface area contributed by atoms with Gasteiger partial charge in [-0.1, -0.05) is 0 Å². The SMILES string of the molecule is O=C([O-])C1CNC(C(=O)[O-])C1C(=O)[O-].[Na+].[Na+].[Na+]. The predicted molar refractivity (Wildman–Crippen MR) is 33.8 cm³/mol. The van der Waals surface area contributed by atoms with Gasteiger partial charge < -0.3 is 35.0 Å². The zero-order valence-corrected chi connectivity index (χ0v) is 15.9. The first-order valence-corrected chi connectivity index (χ1v) is 3.81. The first kappa shape index (κ1) is 23.5. The summed E-state index contributed by atoms with van der Waals surface area (Å²) in [5.41, 5.74) is 0. The molecule has 0 spiro atoms. The van der Waals surface area contributed by atoms with E-state index < -0.39 is 35.8 Å². The molecule has 0 bridgehead atoms. The molecule has 0 radical (unpaired) electrons. The smallest absolute Gasteiger partial charge is 0.550 e. The maximum absolute atomic E-state index is 10.5. The van der Waals surface area contributed by atoms with E-state index in [2.05, 4.69) is 5.32 Å². The summed E-state index contributed by atoms with van der Waals surface area (Å²) in [6.07, 6.45) is 0. The Morgan fingerprint density at radius 2 is 1.35 bits per heavy atom. The molecule has 0 saturated carbocycles. The molecular formula is C7H6NNa3O6. The molecule has 0 aromatic carbocycles. The van der Waals surface area contributed by atoms with Crippen LogP contribution in [-0.4, -0.2) is 30.5 Å². The van der Waals surface area contributed by atoms with Crippen LogP contribution in [0.3, 0.4) is 0 Å². The van der Waals surface area contributed by atoms with Gasteiger partial charge in [-0.25, -0.2) is 0 Å². The monoisotopic (exact) mass is 269 g/mol. The average Bonchev–Trinajstić information content (AvgIpc) is 2.46.